The lowest BCUT2D eigenvalue weighted by atomic mass is 10.0. The highest BCUT2D eigenvalue weighted by Crippen LogP contribution is 2.17. The average Bonchev–Trinajstić information content (AvgIpc) is 2.48. The molecule has 0 aliphatic rings. The number of benzene rings is 2. The van der Waals surface area contributed by atoms with Crippen molar-refractivity contribution in [3.05, 3.63) is 65.2 Å². The van der Waals surface area contributed by atoms with Crippen LogP contribution in [0.25, 0.3) is 0 Å². The molecule has 2 aromatic carbocycles. The van der Waals surface area contributed by atoms with Crippen LogP contribution >= 0.6 is 11.8 Å². The minimum absolute atomic E-state index is 0.457. The summed E-state index contributed by atoms with van der Waals surface area (Å²) < 4.78 is 0. The number of nitrogens with one attached hydrogen (secondary N) is 1. The summed E-state index contributed by atoms with van der Waals surface area (Å²) in [4.78, 5) is 1.27. The second-order valence-electron chi connectivity index (χ2n) is 4.85. The van der Waals surface area contributed by atoms with Crippen molar-refractivity contribution in [2.75, 3.05) is 12.8 Å². The van der Waals surface area contributed by atoms with Gasteiger partial charge in [-0.25, -0.2) is 0 Å². The predicted molar refractivity (Wildman–Crippen MR) is 86.1 cm³/mol. The van der Waals surface area contributed by atoms with Crippen LogP contribution in [0.15, 0.2) is 53.4 Å². The Labute approximate surface area is 125 Å². The number of aliphatic hydroxyl groups is 1. The molecule has 0 saturated carbocycles. The van der Waals surface area contributed by atoms with Crippen LogP contribution in [0, 0.1) is 6.92 Å². The van der Waals surface area contributed by atoms with E-state index in [-0.39, 0.29) is 0 Å². The van der Waals surface area contributed by atoms with E-state index in [9.17, 15) is 5.11 Å². The minimum Gasteiger partial charge on any atom is -0.387 e. The molecule has 3 heteroatoms. The summed E-state index contributed by atoms with van der Waals surface area (Å²) in [6.45, 7) is 3.37. The average molecular weight is 287 g/mol. The summed E-state index contributed by atoms with van der Waals surface area (Å²) >= 11 is 1.74. The van der Waals surface area contributed by atoms with E-state index >= 15 is 0 Å². The maximum atomic E-state index is 10.2. The van der Waals surface area contributed by atoms with E-state index in [2.05, 4.69) is 35.8 Å². The molecule has 0 radical (unpaired) electrons. The van der Waals surface area contributed by atoms with Crippen LogP contribution < -0.4 is 5.32 Å². The quantitative estimate of drug-likeness (QED) is 0.797. The summed E-state index contributed by atoms with van der Waals surface area (Å²) in [5, 5.41) is 13.5. The molecule has 0 aliphatic carbocycles. The van der Waals surface area contributed by atoms with Gasteiger partial charge in [0.15, 0.2) is 0 Å². The van der Waals surface area contributed by atoms with Crippen molar-refractivity contribution in [3.8, 4) is 0 Å². The second-order valence-corrected chi connectivity index (χ2v) is 5.73. The molecular formula is C17H21NOS. The van der Waals surface area contributed by atoms with Gasteiger partial charge in [-0.2, -0.15) is 0 Å². The molecule has 2 aromatic rings. The minimum atomic E-state index is -0.457. The molecular weight excluding hydrogens is 266 g/mol. The van der Waals surface area contributed by atoms with Crippen LogP contribution in [0.3, 0.4) is 0 Å². The van der Waals surface area contributed by atoms with Crippen LogP contribution in [0.5, 0.6) is 0 Å². The molecule has 20 heavy (non-hydrogen) atoms. The summed E-state index contributed by atoms with van der Waals surface area (Å²) in [5.41, 5.74) is 3.36. The highest BCUT2D eigenvalue weighted by molar-refractivity contribution is 7.98. The third kappa shape index (κ3) is 4.10. The zero-order chi connectivity index (χ0) is 14.4. The molecule has 2 rings (SSSR count). The van der Waals surface area contributed by atoms with Gasteiger partial charge in [-0.05, 0) is 42.0 Å². The van der Waals surface area contributed by atoms with Gasteiger partial charge in [0.25, 0.3) is 0 Å². The van der Waals surface area contributed by atoms with Gasteiger partial charge < -0.3 is 10.4 Å². The molecule has 0 spiro atoms. The maximum Gasteiger partial charge on any atom is 0.0917 e. The summed E-state index contributed by atoms with van der Waals surface area (Å²) in [5.74, 6) is 0. The Morgan fingerprint density at radius 2 is 1.80 bits per heavy atom. The van der Waals surface area contributed by atoms with Gasteiger partial charge in [0.2, 0.25) is 0 Å². The van der Waals surface area contributed by atoms with E-state index in [1.165, 1.54) is 10.5 Å². The van der Waals surface area contributed by atoms with E-state index in [1.807, 2.05) is 31.2 Å². The molecule has 0 bridgehead atoms. The summed E-state index contributed by atoms with van der Waals surface area (Å²) in [7, 11) is 0. The van der Waals surface area contributed by atoms with Gasteiger partial charge in [-0.15, -0.1) is 11.8 Å². The molecule has 0 heterocycles. The van der Waals surface area contributed by atoms with Crippen molar-refractivity contribution < 1.29 is 5.11 Å². The molecule has 2 N–H and O–H groups in total. The van der Waals surface area contributed by atoms with Crippen molar-refractivity contribution in [1.29, 1.82) is 0 Å². The largest absolute Gasteiger partial charge is 0.387 e. The van der Waals surface area contributed by atoms with Crippen LogP contribution in [-0.4, -0.2) is 17.9 Å². The highest BCUT2D eigenvalue weighted by atomic mass is 32.2. The topological polar surface area (TPSA) is 32.3 Å². The Balaban J connectivity index is 1.84. The van der Waals surface area contributed by atoms with E-state index in [4.69, 9.17) is 0 Å². The van der Waals surface area contributed by atoms with Gasteiger partial charge in [0.1, 0.15) is 0 Å². The first-order chi connectivity index (χ1) is 9.70. The highest BCUT2D eigenvalue weighted by Gasteiger charge is 2.08. The first kappa shape index (κ1) is 15.1. The fraction of sp³-hybridized carbons (Fsp3) is 0.294. The fourth-order valence-corrected chi connectivity index (χ4v) is 2.58. The molecule has 1 atom stereocenters. The van der Waals surface area contributed by atoms with Gasteiger partial charge in [0, 0.05) is 18.0 Å². The van der Waals surface area contributed by atoms with Crippen LogP contribution in [-0.2, 0) is 6.54 Å². The van der Waals surface area contributed by atoms with Crippen molar-refractivity contribution >= 4 is 11.8 Å². The Morgan fingerprint density at radius 1 is 1.10 bits per heavy atom. The van der Waals surface area contributed by atoms with Crippen molar-refractivity contribution in [1.82, 2.24) is 5.32 Å². The zero-order valence-corrected chi connectivity index (χ0v) is 12.8. The number of aliphatic hydroxyl groups excluding tert-OH is 1. The van der Waals surface area contributed by atoms with Crippen LogP contribution in [0.4, 0.5) is 0 Å². The summed E-state index contributed by atoms with van der Waals surface area (Å²) in [6, 6.07) is 16.5. The van der Waals surface area contributed by atoms with Gasteiger partial charge in [-0.3, -0.25) is 0 Å². The Bertz CT molecular complexity index is 539. The number of thioether (sulfide) groups is 1. The fourth-order valence-electron chi connectivity index (χ4n) is 2.17. The number of hydrogen-bond acceptors (Lipinski definition) is 3. The zero-order valence-electron chi connectivity index (χ0n) is 12.0. The third-order valence-corrected chi connectivity index (χ3v) is 4.12. The van der Waals surface area contributed by atoms with Gasteiger partial charge >= 0.3 is 0 Å². The molecule has 0 fully saturated rings. The Hall–Kier alpha value is -1.29. The SMILES string of the molecule is CSc1ccc(CNCC(O)c2ccccc2C)cc1. The molecule has 0 aliphatic heterocycles. The van der Waals surface area contributed by atoms with E-state index in [0.717, 1.165) is 17.7 Å². The first-order valence-corrected chi connectivity index (χ1v) is 8.00. The first-order valence-electron chi connectivity index (χ1n) is 6.78. The Kier molecular flexibility index (Phi) is 5.65. The van der Waals surface area contributed by atoms with Crippen LogP contribution in [0.1, 0.15) is 22.8 Å². The molecule has 106 valence electrons. The lowest BCUT2D eigenvalue weighted by Crippen LogP contribution is -2.21. The van der Waals surface area contributed by atoms with E-state index in [0.29, 0.717) is 6.54 Å². The van der Waals surface area contributed by atoms with Crippen molar-refractivity contribution in [3.63, 3.8) is 0 Å². The number of rotatable bonds is 6. The van der Waals surface area contributed by atoms with Crippen molar-refractivity contribution in [2.45, 2.75) is 24.5 Å². The van der Waals surface area contributed by atoms with Gasteiger partial charge in [-0.1, -0.05) is 36.4 Å². The lowest BCUT2D eigenvalue weighted by molar-refractivity contribution is 0.173. The number of hydrogen-bond donors (Lipinski definition) is 2. The molecule has 0 amide bonds. The normalized spacial score (nSPS) is 12.3. The second kappa shape index (κ2) is 7.48. The van der Waals surface area contributed by atoms with E-state index < -0.39 is 6.10 Å². The lowest BCUT2D eigenvalue weighted by Gasteiger charge is -2.14. The maximum absolute atomic E-state index is 10.2. The molecule has 2 nitrogen and oxygen atoms in total. The summed E-state index contributed by atoms with van der Waals surface area (Å²) in [6.07, 6.45) is 1.62. The van der Waals surface area contributed by atoms with Crippen LogP contribution in [0.2, 0.25) is 0 Å². The molecule has 0 saturated heterocycles. The third-order valence-electron chi connectivity index (χ3n) is 3.37. The van der Waals surface area contributed by atoms with Crippen molar-refractivity contribution in [2.24, 2.45) is 0 Å². The standard InChI is InChI=1S/C17H21NOS/c1-13-5-3-4-6-16(13)17(19)12-18-11-14-7-9-15(20-2)10-8-14/h3-10,17-19H,11-12H2,1-2H3. The predicted octanol–water partition coefficient (Wildman–Crippen LogP) is 3.54. The van der Waals surface area contributed by atoms with Gasteiger partial charge in [0.05, 0.1) is 6.10 Å². The molecule has 0 aromatic heterocycles. The molecule has 1 unspecified atom stereocenters. The monoisotopic (exact) mass is 287 g/mol. The number of aryl methyl sites for hydroxylation is 1. The van der Waals surface area contributed by atoms with E-state index in [1.54, 1.807) is 11.8 Å². The Morgan fingerprint density at radius 3 is 2.45 bits per heavy atom. The smallest absolute Gasteiger partial charge is 0.0917 e.